The van der Waals surface area contributed by atoms with Gasteiger partial charge >= 0.3 is 0 Å². The molecule has 0 aromatic rings. The van der Waals surface area contributed by atoms with Gasteiger partial charge in [-0.3, -0.25) is 4.90 Å². The predicted octanol–water partition coefficient (Wildman–Crippen LogP) is 3.33. The minimum absolute atomic E-state index is 0.0118. The van der Waals surface area contributed by atoms with Crippen molar-refractivity contribution in [3.05, 3.63) is 48.1 Å². The van der Waals surface area contributed by atoms with Crippen LogP contribution >= 0.6 is 0 Å². The normalized spacial score (nSPS) is 35.9. The molecule has 0 saturated carbocycles. The van der Waals surface area contributed by atoms with Gasteiger partial charge in [0.1, 0.15) is 0 Å². The Hall–Kier alpha value is -1.08. The van der Waals surface area contributed by atoms with Gasteiger partial charge in [-0.2, -0.15) is 0 Å². The van der Waals surface area contributed by atoms with E-state index in [4.69, 9.17) is 0 Å². The van der Waals surface area contributed by atoms with E-state index in [1.54, 1.807) is 0 Å². The molecule has 1 nitrogen and oxygen atoms in total. The van der Waals surface area contributed by atoms with Gasteiger partial charge in [0, 0.05) is 0 Å². The van der Waals surface area contributed by atoms with Crippen molar-refractivity contribution in [2.75, 3.05) is 13.6 Å². The lowest BCUT2D eigenvalue weighted by molar-refractivity contribution is 0.243. The lowest BCUT2D eigenvalue weighted by Gasteiger charge is -2.33. The first-order chi connectivity index (χ1) is 7.08. The van der Waals surface area contributed by atoms with E-state index in [2.05, 4.69) is 75.3 Å². The van der Waals surface area contributed by atoms with Gasteiger partial charge in [-0.15, -0.1) is 0 Å². The number of allylic oxidation sites excluding steroid dienone is 6. The van der Waals surface area contributed by atoms with E-state index in [0.29, 0.717) is 0 Å². The summed E-state index contributed by atoms with van der Waals surface area (Å²) in [4.78, 5) is 2.33. The Balaban J connectivity index is 3.08. The molecular weight excluding hydrogens is 182 g/mol. The van der Waals surface area contributed by atoms with Crippen LogP contribution in [0.25, 0.3) is 0 Å². The maximum absolute atomic E-state index is 2.33. The number of hydrogen-bond donors (Lipinski definition) is 0. The number of hydrogen-bond acceptors (Lipinski definition) is 1. The number of nitrogens with zero attached hydrogens (tertiary/aromatic N) is 1. The summed E-state index contributed by atoms with van der Waals surface area (Å²) >= 11 is 0. The van der Waals surface area contributed by atoms with Gasteiger partial charge in [0.25, 0.3) is 0 Å². The first kappa shape index (κ1) is 12.0. The molecule has 1 unspecified atom stereocenters. The highest BCUT2D eigenvalue weighted by molar-refractivity contribution is 5.31. The van der Waals surface area contributed by atoms with Crippen LogP contribution in [0.3, 0.4) is 0 Å². The van der Waals surface area contributed by atoms with Crippen LogP contribution in [0.2, 0.25) is 0 Å². The summed E-state index contributed by atoms with van der Waals surface area (Å²) in [5, 5.41) is 0. The molecule has 0 N–H and O–H groups in total. The topological polar surface area (TPSA) is 3.24 Å². The Morgan fingerprint density at radius 2 is 1.87 bits per heavy atom. The molecule has 1 atom stereocenters. The Bertz CT molecular complexity index is 320. The smallest absolute Gasteiger partial charge is 0.0552 e. The average Bonchev–Trinajstić information content (AvgIpc) is 2.28. The van der Waals surface area contributed by atoms with E-state index in [9.17, 15) is 0 Å². The zero-order valence-corrected chi connectivity index (χ0v) is 10.2. The molecule has 1 rings (SSSR count). The molecule has 15 heavy (non-hydrogen) atoms. The fraction of sp³-hybridized carbons (Fsp3) is 0.429. The Morgan fingerprint density at radius 3 is 2.53 bits per heavy atom. The zero-order chi connectivity index (χ0) is 11.3. The fourth-order valence-electron chi connectivity index (χ4n) is 1.72. The lowest BCUT2D eigenvalue weighted by atomic mass is 9.96. The van der Waals surface area contributed by atoms with Crippen molar-refractivity contribution in [2.24, 2.45) is 0 Å². The predicted molar refractivity (Wildman–Crippen MR) is 67.9 cm³/mol. The molecule has 82 valence electrons. The molecule has 0 fully saturated rings. The monoisotopic (exact) mass is 203 g/mol. The van der Waals surface area contributed by atoms with Gasteiger partial charge in [-0.05, 0) is 27.4 Å². The van der Waals surface area contributed by atoms with Gasteiger partial charge in [-0.1, -0.05) is 55.0 Å². The molecule has 0 aromatic carbocycles. The summed E-state index contributed by atoms with van der Waals surface area (Å²) in [6.07, 6.45) is 15.0. The molecule has 1 aliphatic rings. The third kappa shape index (κ3) is 3.21. The SMILES string of the molecule is CCN(C)C1(C)\C=C/C=C/C=C\C(C)=C/1. The second kappa shape index (κ2) is 5.13. The van der Waals surface area contributed by atoms with E-state index < -0.39 is 0 Å². The highest BCUT2D eigenvalue weighted by Gasteiger charge is 2.22. The van der Waals surface area contributed by atoms with Crippen molar-refractivity contribution >= 4 is 0 Å². The summed E-state index contributed by atoms with van der Waals surface area (Å²) < 4.78 is 0. The summed E-state index contributed by atoms with van der Waals surface area (Å²) in [6.45, 7) is 7.60. The zero-order valence-electron chi connectivity index (χ0n) is 10.2. The number of likely N-dealkylation sites (N-methyl/N-ethyl adjacent to an activating group) is 1. The maximum Gasteiger partial charge on any atom is 0.0552 e. The summed E-state index contributed by atoms with van der Waals surface area (Å²) in [5.41, 5.74) is 1.31. The van der Waals surface area contributed by atoms with E-state index in [0.717, 1.165) is 6.54 Å². The Morgan fingerprint density at radius 1 is 1.20 bits per heavy atom. The minimum Gasteiger partial charge on any atom is -0.294 e. The van der Waals surface area contributed by atoms with Crippen molar-refractivity contribution in [3.63, 3.8) is 0 Å². The molecule has 0 aliphatic heterocycles. The van der Waals surface area contributed by atoms with Crippen LogP contribution in [-0.2, 0) is 0 Å². The number of rotatable bonds is 2. The first-order valence-electron chi connectivity index (χ1n) is 5.52. The molecule has 0 aromatic heterocycles. The average molecular weight is 203 g/mol. The summed E-state index contributed by atoms with van der Waals surface area (Å²) in [5.74, 6) is 0. The molecule has 0 bridgehead atoms. The third-order valence-electron chi connectivity index (χ3n) is 2.94. The third-order valence-corrected chi connectivity index (χ3v) is 2.94. The van der Waals surface area contributed by atoms with Crippen LogP contribution in [0.4, 0.5) is 0 Å². The summed E-state index contributed by atoms with van der Waals surface area (Å²) in [6, 6.07) is 0. The standard InChI is InChI=1S/C14H21N/c1-5-15(4)14(3)11-9-7-6-8-10-13(2)12-14/h6-12H,5H2,1-4H3/b7-6+,10-8-,11-9-,13-12-. The van der Waals surface area contributed by atoms with Crippen LogP contribution in [0.15, 0.2) is 48.1 Å². The largest absolute Gasteiger partial charge is 0.294 e. The van der Waals surface area contributed by atoms with Crippen molar-refractivity contribution in [1.82, 2.24) is 4.90 Å². The minimum atomic E-state index is 0.0118. The van der Waals surface area contributed by atoms with Gasteiger partial charge in [0.05, 0.1) is 5.54 Å². The van der Waals surface area contributed by atoms with Gasteiger partial charge in [0.15, 0.2) is 0 Å². The maximum atomic E-state index is 2.33. The fourth-order valence-corrected chi connectivity index (χ4v) is 1.72. The molecule has 0 heterocycles. The van der Waals surface area contributed by atoms with Gasteiger partial charge < -0.3 is 0 Å². The molecular formula is C14H21N. The van der Waals surface area contributed by atoms with Crippen LogP contribution in [0.1, 0.15) is 20.8 Å². The van der Waals surface area contributed by atoms with E-state index in [-0.39, 0.29) is 5.54 Å². The van der Waals surface area contributed by atoms with Crippen LogP contribution < -0.4 is 0 Å². The first-order valence-corrected chi connectivity index (χ1v) is 5.52. The molecule has 0 radical (unpaired) electrons. The second-order valence-electron chi connectivity index (χ2n) is 4.23. The molecule has 1 aliphatic carbocycles. The summed E-state index contributed by atoms with van der Waals surface area (Å²) in [7, 11) is 2.15. The van der Waals surface area contributed by atoms with Crippen LogP contribution in [0.5, 0.6) is 0 Å². The van der Waals surface area contributed by atoms with E-state index >= 15 is 0 Å². The van der Waals surface area contributed by atoms with Gasteiger partial charge in [0.2, 0.25) is 0 Å². The van der Waals surface area contributed by atoms with Crippen molar-refractivity contribution in [2.45, 2.75) is 26.3 Å². The molecule has 0 spiro atoms. The molecule has 0 amide bonds. The highest BCUT2D eigenvalue weighted by Crippen LogP contribution is 2.20. The van der Waals surface area contributed by atoms with Crippen molar-refractivity contribution < 1.29 is 0 Å². The second-order valence-corrected chi connectivity index (χ2v) is 4.23. The van der Waals surface area contributed by atoms with Crippen molar-refractivity contribution in [3.8, 4) is 0 Å². The van der Waals surface area contributed by atoms with Crippen molar-refractivity contribution in [1.29, 1.82) is 0 Å². The van der Waals surface area contributed by atoms with Gasteiger partial charge in [-0.25, -0.2) is 0 Å². The van der Waals surface area contributed by atoms with Crippen LogP contribution in [0, 0.1) is 0 Å². The quantitative estimate of drug-likeness (QED) is 0.665. The van der Waals surface area contributed by atoms with E-state index in [1.165, 1.54) is 5.57 Å². The Kier molecular flexibility index (Phi) is 4.10. The molecule has 0 saturated heterocycles. The Labute approximate surface area is 93.5 Å². The van der Waals surface area contributed by atoms with E-state index in [1.807, 2.05) is 0 Å². The lowest BCUT2D eigenvalue weighted by Crippen LogP contribution is -2.40. The van der Waals surface area contributed by atoms with Crippen LogP contribution in [-0.4, -0.2) is 24.0 Å². The molecule has 1 heteroatoms. The highest BCUT2D eigenvalue weighted by atomic mass is 15.2.